The van der Waals surface area contributed by atoms with E-state index in [1.54, 1.807) is 18.2 Å². The van der Waals surface area contributed by atoms with Crippen LogP contribution in [0.25, 0.3) is 0 Å². The molecule has 1 aliphatic rings. The van der Waals surface area contributed by atoms with Crippen molar-refractivity contribution in [1.82, 2.24) is 4.90 Å². The lowest BCUT2D eigenvalue weighted by atomic mass is 10.1. The van der Waals surface area contributed by atoms with Crippen molar-refractivity contribution < 1.29 is 9.18 Å². The number of carbonyl (C=O) groups is 1. The Bertz CT molecular complexity index is 770. The van der Waals surface area contributed by atoms with Gasteiger partial charge in [0.05, 0.1) is 0 Å². The minimum atomic E-state index is -0.256. The molecule has 0 spiro atoms. The van der Waals surface area contributed by atoms with Gasteiger partial charge in [0, 0.05) is 44.0 Å². The highest BCUT2D eigenvalue weighted by molar-refractivity contribution is 5.91. The molecule has 2 aromatic carbocycles. The minimum absolute atomic E-state index is 0.0938. The Balaban J connectivity index is 1.57. The van der Waals surface area contributed by atoms with Crippen LogP contribution in [0.15, 0.2) is 42.5 Å². The number of anilines is 2. The number of aryl methyl sites for hydroxylation is 2. The molecule has 3 rings (SSSR count). The topological polar surface area (TPSA) is 35.6 Å². The second-order valence-electron chi connectivity index (χ2n) is 6.93. The van der Waals surface area contributed by atoms with E-state index < -0.39 is 0 Å². The molecular weight excluding hydrogens is 329 g/mol. The van der Waals surface area contributed by atoms with Gasteiger partial charge in [-0.3, -0.25) is 4.79 Å². The Labute approximate surface area is 154 Å². The van der Waals surface area contributed by atoms with Crippen molar-refractivity contribution in [1.29, 1.82) is 0 Å². The number of benzene rings is 2. The van der Waals surface area contributed by atoms with Crippen molar-refractivity contribution in [2.75, 3.05) is 43.4 Å². The fourth-order valence-electron chi connectivity index (χ4n) is 3.21. The molecule has 138 valence electrons. The Hall–Kier alpha value is -2.40. The van der Waals surface area contributed by atoms with Crippen LogP contribution in [0.3, 0.4) is 0 Å². The summed E-state index contributed by atoms with van der Waals surface area (Å²) in [7, 11) is 2.14. The van der Waals surface area contributed by atoms with Crippen LogP contribution in [0.5, 0.6) is 0 Å². The molecule has 0 bridgehead atoms. The first-order chi connectivity index (χ1) is 12.5. The van der Waals surface area contributed by atoms with Crippen LogP contribution < -0.4 is 10.2 Å². The van der Waals surface area contributed by atoms with Crippen LogP contribution in [0.1, 0.15) is 17.5 Å². The lowest BCUT2D eigenvalue weighted by Gasteiger charge is -2.34. The Morgan fingerprint density at radius 2 is 1.85 bits per heavy atom. The fourth-order valence-corrected chi connectivity index (χ4v) is 3.21. The molecule has 0 aliphatic carbocycles. The fraction of sp³-hybridized carbons (Fsp3) is 0.381. The molecule has 0 radical (unpaired) electrons. The summed E-state index contributed by atoms with van der Waals surface area (Å²) in [6.07, 6.45) is 0.664. The average molecular weight is 355 g/mol. The summed E-state index contributed by atoms with van der Waals surface area (Å²) in [5.74, 6) is -0.350. The highest BCUT2D eigenvalue weighted by atomic mass is 19.1. The van der Waals surface area contributed by atoms with Gasteiger partial charge in [-0.1, -0.05) is 18.2 Å². The van der Waals surface area contributed by atoms with E-state index in [1.165, 1.54) is 11.8 Å². The standard InChI is InChI=1S/C21H26FN3O/c1-16-15-18(25-13-11-24(2)12-14-25)8-9-20(16)23-21(26)10-7-17-5-3-4-6-19(17)22/h3-6,8-9,15H,7,10-14H2,1-2H3,(H,23,26). The third-order valence-corrected chi connectivity index (χ3v) is 4.93. The van der Waals surface area contributed by atoms with E-state index >= 15 is 0 Å². The molecule has 1 saturated heterocycles. The quantitative estimate of drug-likeness (QED) is 0.892. The van der Waals surface area contributed by atoms with E-state index in [0.29, 0.717) is 12.0 Å². The lowest BCUT2D eigenvalue weighted by molar-refractivity contribution is -0.116. The normalized spacial score (nSPS) is 15.1. The number of amides is 1. The molecular formula is C21H26FN3O. The molecule has 2 aromatic rings. The van der Waals surface area contributed by atoms with Gasteiger partial charge in [0.1, 0.15) is 5.82 Å². The second-order valence-corrected chi connectivity index (χ2v) is 6.93. The molecule has 1 fully saturated rings. The van der Waals surface area contributed by atoms with Crippen molar-refractivity contribution in [2.45, 2.75) is 19.8 Å². The van der Waals surface area contributed by atoms with Gasteiger partial charge in [0.15, 0.2) is 0 Å². The van der Waals surface area contributed by atoms with Gasteiger partial charge in [-0.15, -0.1) is 0 Å². The van der Waals surface area contributed by atoms with Crippen LogP contribution in [0.4, 0.5) is 15.8 Å². The van der Waals surface area contributed by atoms with E-state index in [9.17, 15) is 9.18 Å². The van der Waals surface area contributed by atoms with E-state index in [2.05, 4.69) is 34.3 Å². The molecule has 26 heavy (non-hydrogen) atoms. The van der Waals surface area contributed by atoms with E-state index in [0.717, 1.165) is 37.4 Å². The Morgan fingerprint density at radius 3 is 2.54 bits per heavy atom. The Kier molecular flexibility index (Phi) is 5.89. The molecule has 0 aromatic heterocycles. The first-order valence-electron chi connectivity index (χ1n) is 9.10. The molecule has 1 N–H and O–H groups in total. The summed E-state index contributed by atoms with van der Waals surface area (Å²) in [5.41, 5.74) is 3.63. The van der Waals surface area contributed by atoms with E-state index in [1.807, 2.05) is 13.0 Å². The number of rotatable bonds is 5. The van der Waals surface area contributed by atoms with Crippen LogP contribution in [-0.4, -0.2) is 44.0 Å². The number of nitrogens with one attached hydrogen (secondary N) is 1. The first kappa shape index (κ1) is 18.4. The predicted molar refractivity (Wildman–Crippen MR) is 104 cm³/mol. The van der Waals surface area contributed by atoms with Crippen molar-refractivity contribution in [3.05, 3.63) is 59.4 Å². The summed E-state index contributed by atoms with van der Waals surface area (Å²) in [6, 6.07) is 12.7. The lowest BCUT2D eigenvalue weighted by Crippen LogP contribution is -2.44. The number of carbonyl (C=O) groups excluding carboxylic acids is 1. The molecule has 5 heteroatoms. The van der Waals surface area contributed by atoms with Crippen molar-refractivity contribution in [2.24, 2.45) is 0 Å². The number of hydrogen-bond donors (Lipinski definition) is 1. The maximum Gasteiger partial charge on any atom is 0.224 e. The average Bonchev–Trinajstić information content (AvgIpc) is 2.63. The SMILES string of the molecule is Cc1cc(N2CCN(C)CC2)ccc1NC(=O)CCc1ccccc1F. The number of nitrogens with zero attached hydrogens (tertiary/aromatic N) is 2. The first-order valence-corrected chi connectivity index (χ1v) is 9.10. The van der Waals surface area contributed by atoms with Crippen LogP contribution in [0, 0.1) is 12.7 Å². The van der Waals surface area contributed by atoms with Gasteiger partial charge in [0.2, 0.25) is 5.91 Å². The number of hydrogen-bond acceptors (Lipinski definition) is 3. The Morgan fingerprint density at radius 1 is 1.12 bits per heavy atom. The zero-order valence-corrected chi connectivity index (χ0v) is 15.5. The van der Waals surface area contributed by atoms with Gasteiger partial charge in [-0.25, -0.2) is 4.39 Å². The maximum atomic E-state index is 13.6. The van der Waals surface area contributed by atoms with Crippen molar-refractivity contribution in [3.8, 4) is 0 Å². The maximum absolute atomic E-state index is 13.6. The second kappa shape index (κ2) is 8.32. The molecule has 0 unspecified atom stereocenters. The monoisotopic (exact) mass is 355 g/mol. The minimum Gasteiger partial charge on any atom is -0.369 e. The summed E-state index contributed by atoms with van der Waals surface area (Å²) in [5, 5.41) is 2.95. The van der Waals surface area contributed by atoms with Crippen LogP contribution >= 0.6 is 0 Å². The van der Waals surface area contributed by atoms with Crippen molar-refractivity contribution in [3.63, 3.8) is 0 Å². The largest absolute Gasteiger partial charge is 0.369 e. The number of likely N-dealkylation sites (N-methyl/N-ethyl adjacent to an activating group) is 1. The van der Waals surface area contributed by atoms with Gasteiger partial charge in [-0.05, 0) is 55.8 Å². The summed E-state index contributed by atoms with van der Waals surface area (Å²) in [4.78, 5) is 16.9. The zero-order chi connectivity index (χ0) is 18.5. The smallest absolute Gasteiger partial charge is 0.224 e. The summed E-state index contributed by atoms with van der Waals surface area (Å²) < 4.78 is 13.6. The van der Waals surface area contributed by atoms with Gasteiger partial charge < -0.3 is 15.1 Å². The summed E-state index contributed by atoms with van der Waals surface area (Å²) in [6.45, 7) is 6.17. The molecule has 0 atom stereocenters. The highest BCUT2D eigenvalue weighted by Crippen LogP contribution is 2.24. The van der Waals surface area contributed by atoms with Gasteiger partial charge in [-0.2, -0.15) is 0 Å². The predicted octanol–water partition coefficient (Wildman–Crippen LogP) is 3.46. The molecule has 1 amide bonds. The highest BCUT2D eigenvalue weighted by Gasteiger charge is 2.15. The summed E-state index contributed by atoms with van der Waals surface area (Å²) >= 11 is 0. The van der Waals surface area contributed by atoms with Gasteiger partial charge in [0.25, 0.3) is 0 Å². The number of piperazine rings is 1. The molecule has 4 nitrogen and oxygen atoms in total. The zero-order valence-electron chi connectivity index (χ0n) is 15.5. The third-order valence-electron chi connectivity index (χ3n) is 4.93. The van der Waals surface area contributed by atoms with E-state index in [4.69, 9.17) is 0 Å². The third kappa shape index (κ3) is 4.61. The molecule has 1 aliphatic heterocycles. The van der Waals surface area contributed by atoms with Crippen LogP contribution in [-0.2, 0) is 11.2 Å². The molecule has 1 heterocycles. The van der Waals surface area contributed by atoms with Gasteiger partial charge >= 0.3 is 0 Å². The van der Waals surface area contributed by atoms with Crippen LogP contribution in [0.2, 0.25) is 0 Å². The van der Waals surface area contributed by atoms with E-state index in [-0.39, 0.29) is 18.1 Å². The molecule has 0 saturated carbocycles. The van der Waals surface area contributed by atoms with Crippen molar-refractivity contribution >= 4 is 17.3 Å². The number of halogens is 1.